The lowest BCUT2D eigenvalue weighted by molar-refractivity contribution is 0.171. The first-order valence-corrected chi connectivity index (χ1v) is 6.67. The van der Waals surface area contributed by atoms with Crippen LogP contribution in [0.4, 0.5) is 5.82 Å². The molecule has 0 saturated carbocycles. The molecular formula is C15H19N3O3. The first kappa shape index (κ1) is 15.1. The molecule has 0 aliphatic carbocycles. The van der Waals surface area contributed by atoms with E-state index in [9.17, 15) is 5.11 Å². The molecule has 1 aromatic heterocycles. The number of nitrogens with two attached hydrogens (primary N) is 1. The highest BCUT2D eigenvalue weighted by Crippen LogP contribution is 2.15. The Morgan fingerprint density at radius 2 is 1.95 bits per heavy atom. The average Bonchev–Trinajstić information content (AvgIpc) is 2.49. The van der Waals surface area contributed by atoms with Crippen molar-refractivity contribution in [2.75, 3.05) is 25.4 Å². The molecule has 21 heavy (non-hydrogen) atoms. The predicted octanol–water partition coefficient (Wildman–Crippen LogP) is 1.07. The third-order valence-corrected chi connectivity index (χ3v) is 2.92. The van der Waals surface area contributed by atoms with Crippen LogP contribution >= 0.6 is 0 Å². The minimum Gasteiger partial charge on any atom is -0.508 e. The van der Waals surface area contributed by atoms with Crippen LogP contribution in [0.15, 0.2) is 42.6 Å². The Kier molecular flexibility index (Phi) is 5.36. The minimum atomic E-state index is -0.633. The number of phenols is 1. The summed E-state index contributed by atoms with van der Waals surface area (Å²) in [5.41, 5.74) is 6.21. The summed E-state index contributed by atoms with van der Waals surface area (Å²) < 4.78 is 5.48. The van der Waals surface area contributed by atoms with E-state index < -0.39 is 6.10 Å². The highest BCUT2D eigenvalue weighted by molar-refractivity contribution is 5.30. The number of aliphatic hydroxyl groups excluding tert-OH is 1. The van der Waals surface area contributed by atoms with E-state index in [1.165, 1.54) is 0 Å². The molecule has 2 aromatic rings. The third-order valence-electron chi connectivity index (χ3n) is 2.92. The lowest BCUT2D eigenvalue weighted by Gasteiger charge is -2.12. The van der Waals surface area contributed by atoms with E-state index in [2.05, 4.69) is 10.3 Å². The van der Waals surface area contributed by atoms with Crippen molar-refractivity contribution in [1.29, 1.82) is 0 Å². The van der Waals surface area contributed by atoms with Crippen LogP contribution in [-0.2, 0) is 0 Å². The average molecular weight is 289 g/mol. The summed E-state index contributed by atoms with van der Waals surface area (Å²) in [6.07, 6.45) is 0.931. The van der Waals surface area contributed by atoms with Crippen molar-refractivity contribution >= 4 is 5.82 Å². The van der Waals surface area contributed by atoms with Gasteiger partial charge in [0.25, 0.3) is 0 Å². The molecule has 112 valence electrons. The molecule has 2 rings (SSSR count). The van der Waals surface area contributed by atoms with Gasteiger partial charge in [-0.2, -0.15) is 0 Å². The topological polar surface area (TPSA) is 101 Å². The maximum Gasteiger partial charge on any atom is 0.123 e. The van der Waals surface area contributed by atoms with Crippen LogP contribution in [0.1, 0.15) is 11.7 Å². The van der Waals surface area contributed by atoms with Gasteiger partial charge in [0.1, 0.15) is 23.9 Å². The summed E-state index contributed by atoms with van der Waals surface area (Å²) in [4.78, 5) is 3.94. The molecular weight excluding hydrogens is 270 g/mol. The number of aromatic hydroxyl groups is 1. The third kappa shape index (κ3) is 4.94. The van der Waals surface area contributed by atoms with Gasteiger partial charge < -0.3 is 26.0 Å². The SMILES string of the molecule is Nc1ccc([C@H](O)CNCCOc2ccc(O)cc2)cn1. The van der Waals surface area contributed by atoms with E-state index in [0.29, 0.717) is 31.3 Å². The lowest BCUT2D eigenvalue weighted by Crippen LogP contribution is -2.26. The van der Waals surface area contributed by atoms with Gasteiger partial charge in [-0.25, -0.2) is 4.98 Å². The Morgan fingerprint density at radius 1 is 1.19 bits per heavy atom. The van der Waals surface area contributed by atoms with Crippen LogP contribution in [0.2, 0.25) is 0 Å². The van der Waals surface area contributed by atoms with Gasteiger partial charge in [-0.1, -0.05) is 6.07 Å². The predicted molar refractivity (Wildman–Crippen MR) is 80.1 cm³/mol. The number of hydrogen-bond donors (Lipinski definition) is 4. The van der Waals surface area contributed by atoms with Crippen molar-refractivity contribution in [1.82, 2.24) is 10.3 Å². The molecule has 1 heterocycles. The second kappa shape index (κ2) is 7.47. The molecule has 1 atom stereocenters. The number of aromatic nitrogens is 1. The van der Waals surface area contributed by atoms with E-state index in [1.807, 2.05) is 0 Å². The van der Waals surface area contributed by atoms with Crippen molar-refractivity contribution in [3.63, 3.8) is 0 Å². The fourth-order valence-corrected chi connectivity index (χ4v) is 1.75. The van der Waals surface area contributed by atoms with Gasteiger partial charge in [-0.15, -0.1) is 0 Å². The number of aliphatic hydroxyl groups is 1. The van der Waals surface area contributed by atoms with Gasteiger partial charge in [0.15, 0.2) is 0 Å². The summed E-state index contributed by atoms with van der Waals surface area (Å²) in [6, 6.07) is 9.95. The van der Waals surface area contributed by atoms with Crippen molar-refractivity contribution in [3.05, 3.63) is 48.2 Å². The van der Waals surface area contributed by atoms with Gasteiger partial charge in [0, 0.05) is 24.8 Å². The number of pyridine rings is 1. The highest BCUT2D eigenvalue weighted by Gasteiger charge is 2.06. The fourth-order valence-electron chi connectivity index (χ4n) is 1.75. The normalized spacial score (nSPS) is 12.0. The van der Waals surface area contributed by atoms with E-state index in [1.54, 1.807) is 42.6 Å². The van der Waals surface area contributed by atoms with Crippen LogP contribution in [0.25, 0.3) is 0 Å². The van der Waals surface area contributed by atoms with Gasteiger partial charge in [0.2, 0.25) is 0 Å². The number of nitrogens with one attached hydrogen (secondary N) is 1. The quantitative estimate of drug-likeness (QED) is 0.569. The summed E-state index contributed by atoms with van der Waals surface area (Å²) in [6.45, 7) is 1.47. The zero-order chi connectivity index (χ0) is 15.1. The molecule has 0 amide bonds. The second-order valence-electron chi connectivity index (χ2n) is 4.58. The number of anilines is 1. The monoisotopic (exact) mass is 289 g/mol. The van der Waals surface area contributed by atoms with Crippen LogP contribution in [-0.4, -0.2) is 34.9 Å². The van der Waals surface area contributed by atoms with Crippen molar-refractivity contribution in [2.45, 2.75) is 6.10 Å². The molecule has 0 saturated heterocycles. The summed E-state index contributed by atoms with van der Waals surface area (Å²) in [7, 11) is 0. The van der Waals surface area contributed by atoms with Gasteiger partial charge >= 0.3 is 0 Å². The van der Waals surface area contributed by atoms with E-state index >= 15 is 0 Å². The van der Waals surface area contributed by atoms with Gasteiger partial charge in [-0.05, 0) is 30.3 Å². The Morgan fingerprint density at radius 3 is 2.62 bits per heavy atom. The summed E-state index contributed by atoms with van der Waals surface area (Å²) >= 11 is 0. The van der Waals surface area contributed by atoms with Crippen molar-refractivity contribution in [2.24, 2.45) is 0 Å². The molecule has 0 spiro atoms. The molecule has 0 aliphatic heterocycles. The van der Waals surface area contributed by atoms with Crippen LogP contribution in [0, 0.1) is 0 Å². The molecule has 0 aliphatic rings. The second-order valence-corrected chi connectivity index (χ2v) is 4.58. The fraction of sp³-hybridized carbons (Fsp3) is 0.267. The van der Waals surface area contributed by atoms with E-state index in [0.717, 1.165) is 5.56 Å². The van der Waals surface area contributed by atoms with Crippen LogP contribution in [0.3, 0.4) is 0 Å². The molecule has 0 radical (unpaired) electrons. The highest BCUT2D eigenvalue weighted by atomic mass is 16.5. The van der Waals surface area contributed by atoms with Crippen molar-refractivity contribution in [3.8, 4) is 11.5 Å². The molecule has 0 bridgehead atoms. The standard InChI is InChI=1S/C15H19N3O3/c16-15-6-1-11(9-18-15)14(20)10-17-7-8-21-13-4-2-12(19)3-5-13/h1-6,9,14,17,19-20H,7-8,10H2,(H2,16,18)/t14-/m1/s1. The maximum atomic E-state index is 9.95. The van der Waals surface area contributed by atoms with Crippen LogP contribution < -0.4 is 15.8 Å². The Labute approximate surface area is 123 Å². The number of hydrogen-bond acceptors (Lipinski definition) is 6. The number of nitrogen functional groups attached to an aromatic ring is 1. The zero-order valence-electron chi connectivity index (χ0n) is 11.6. The minimum absolute atomic E-state index is 0.209. The van der Waals surface area contributed by atoms with Crippen LogP contribution in [0.5, 0.6) is 11.5 Å². The summed E-state index contributed by atoms with van der Waals surface area (Å²) in [5.74, 6) is 1.33. The molecule has 0 fully saturated rings. The number of rotatable bonds is 7. The van der Waals surface area contributed by atoms with Crippen molar-refractivity contribution < 1.29 is 14.9 Å². The number of nitrogens with zero attached hydrogens (tertiary/aromatic N) is 1. The largest absolute Gasteiger partial charge is 0.508 e. The molecule has 1 aromatic carbocycles. The maximum absolute atomic E-state index is 9.95. The molecule has 6 heteroatoms. The Hall–Kier alpha value is -2.31. The number of phenolic OH excluding ortho intramolecular Hbond substituents is 1. The van der Waals surface area contributed by atoms with Gasteiger partial charge in [-0.3, -0.25) is 0 Å². The summed E-state index contributed by atoms with van der Waals surface area (Å²) in [5, 5.41) is 22.2. The molecule has 6 nitrogen and oxygen atoms in total. The smallest absolute Gasteiger partial charge is 0.123 e. The molecule has 5 N–H and O–H groups in total. The Balaban J connectivity index is 1.65. The molecule has 0 unspecified atom stereocenters. The zero-order valence-corrected chi connectivity index (χ0v) is 11.6. The number of benzene rings is 1. The van der Waals surface area contributed by atoms with Gasteiger partial charge in [0.05, 0.1) is 6.10 Å². The lowest BCUT2D eigenvalue weighted by atomic mass is 10.1. The van der Waals surface area contributed by atoms with E-state index in [-0.39, 0.29) is 5.75 Å². The number of ether oxygens (including phenoxy) is 1. The van der Waals surface area contributed by atoms with E-state index in [4.69, 9.17) is 15.6 Å². The first-order valence-electron chi connectivity index (χ1n) is 6.67. The first-order chi connectivity index (χ1) is 10.1. The Bertz CT molecular complexity index is 543.